The van der Waals surface area contributed by atoms with Crippen molar-refractivity contribution >= 4 is 27.4 Å². The van der Waals surface area contributed by atoms with Crippen molar-refractivity contribution in [2.45, 2.75) is 31.6 Å². The molecule has 1 amide bonds. The van der Waals surface area contributed by atoms with E-state index >= 15 is 0 Å². The number of carbonyl (C=O) groups is 1. The molecule has 128 valence electrons. The van der Waals surface area contributed by atoms with Gasteiger partial charge in [-0.25, -0.2) is 8.42 Å². The van der Waals surface area contributed by atoms with Crippen molar-refractivity contribution in [2.24, 2.45) is 16.5 Å². The third kappa shape index (κ3) is 5.24. The van der Waals surface area contributed by atoms with E-state index < -0.39 is 15.7 Å². The van der Waals surface area contributed by atoms with Crippen LogP contribution in [0.15, 0.2) is 28.1 Å². The molecule has 23 heavy (non-hydrogen) atoms. The summed E-state index contributed by atoms with van der Waals surface area (Å²) in [4.78, 5) is 17.5. The van der Waals surface area contributed by atoms with Gasteiger partial charge in [0.25, 0.3) is 5.91 Å². The maximum Gasteiger partial charge on any atom is 0.280 e. The van der Waals surface area contributed by atoms with Crippen LogP contribution in [0.5, 0.6) is 0 Å². The van der Waals surface area contributed by atoms with Crippen LogP contribution in [-0.2, 0) is 9.84 Å². The highest BCUT2D eigenvalue weighted by Crippen LogP contribution is 2.27. The fourth-order valence-electron chi connectivity index (χ4n) is 2.28. The Morgan fingerprint density at radius 1 is 1.17 bits per heavy atom. The molecule has 4 N–H and O–H groups in total. The van der Waals surface area contributed by atoms with Crippen LogP contribution < -0.4 is 16.4 Å². The van der Waals surface area contributed by atoms with Gasteiger partial charge in [0, 0.05) is 24.9 Å². The first-order valence-electron chi connectivity index (χ1n) is 7.43. The first kappa shape index (κ1) is 19.0. The second-order valence-corrected chi connectivity index (χ2v) is 7.27. The average molecular weight is 340 g/mol. The summed E-state index contributed by atoms with van der Waals surface area (Å²) >= 11 is 0. The molecule has 0 aliphatic rings. The summed E-state index contributed by atoms with van der Waals surface area (Å²) in [6.45, 7) is 5.52. The minimum atomic E-state index is -3.50. The number of carbonyl (C=O) groups excluding carboxylic acids is 1. The number of hydrogen-bond acceptors (Lipinski definition) is 4. The van der Waals surface area contributed by atoms with Crippen LogP contribution in [0.1, 0.15) is 37.0 Å². The summed E-state index contributed by atoms with van der Waals surface area (Å²) in [5, 5.41) is 0. The fourth-order valence-corrected chi connectivity index (χ4v) is 3.20. The molecule has 0 atom stereocenters. The summed E-state index contributed by atoms with van der Waals surface area (Å²) in [5.74, 6) is -1.03. The molecule has 0 aromatic heterocycles. The van der Waals surface area contributed by atoms with Crippen molar-refractivity contribution < 1.29 is 13.2 Å². The highest BCUT2D eigenvalue weighted by molar-refractivity contribution is 7.90. The van der Waals surface area contributed by atoms with Crippen molar-refractivity contribution in [3.8, 4) is 0 Å². The molecule has 1 aromatic carbocycles. The number of nitrogens with zero attached hydrogens (tertiary/aromatic N) is 2. The number of sulfone groups is 1. The standard InChI is InChI=1S/C15H24N4O3S/c1-4-8-19(9-5-2)12-7-6-11(14(20)18-15(16)17)10-13(12)23(3,21)22/h6-7,10H,4-5,8-9H2,1-3H3,(H4,16,17,18,20). The SMILES string of the molecule is CCCN(CCC)c1ccc(C(=O)N=C(N)N)cc1S(C)(=O)=O. The topological polar surface area (TPSA) is 119 Å². The van der Waals surface area contributed by atoms with Crippen molar-refractivity contribution in [3.63, 3.8) is 0 Å². The van der Waals surface area contributed by atoms with E-state index in [1.807, 2.05) is 18.7 Å². The molecule has 0 bridgehead atoms. The third-order valence-corrected chi connectivity index (χ3v) is 4.29. The van der Waals surface area contributed by atoms with Gasteiger partial charge in [0.05, 0.1) is 10.6 Å². The van der Waals surface area contributed by atoms with Gasteiger partial charge in [-0.3, -0.25) is 4.79 Å². The number of benzene rings is 1. The Morgan fingerprint density at radius 2 is 1.74 bits per heavy atom. The Bertz CT molecular complexity index is 689. The van der Waals surface area contributed by atoms with Crippen molar-refractivity contribution in [3.05, 3.63) is 23.8 Å². The molecule has 1 aromatic rings. The lowest BCUT2D eigenvalue weighted by Gasteiger charge is -2.26. The number of guanidine groups is 1. The van der Waals surface area contributed by atoms with E-state index in [1.165, 1.54) is 12.1 Å². The Balaban J connectivity index is 3.43. The third-order valence-electron chi connectivity index (χ3n) is 3.16. The van der Waals surface area contributed by atoms with Gasteiger partial charge >= 0.3 is 0 Å². The van der Waals surface area contributed by atoms with E-state index in [-0.39, 0.29) is 16.4 Å². The molecular weight excluding hydrogens is 316 g/mol. The first-order valence-corrected chi connectivity index (χ1v) is 9.32. The molecule has 0 heterocycles. The van der Waals surface area contributed by atoms with Gasteiger partial charge in [0.2, 0.25) is 0 Å². The summed E-state index contributed by atoms with van der Waals surface area (Å²) in [6.07, 6.45) is 2.90. The van der Waals surface area contributed by atoms with Crippen LogP contribution in [0, 0.1) is 0 Å². The molecule has 0 aliphatic carbocycles. The molecule has 0 saturated carbocycles. The van der Waals surface area contributed by atoms with Crippen molar-refractivity contribution in [1.82, 2.24) is 0 Å². The molecule has 0 spiro atoms. The van der Waals surface area contributed by atoms with E-state index in [2.05, 4.69) is 4.99 Å². The maximum atomic E-state index is 12.1. The molecule has 0 radical (unpaired) electrons. The van der Waals surface area contributed by atoms with Gasteiger partial charge in [-0.05, 0) is 31.0 Å². The quantitative estimate of drug-likeness (QED) is 0.567. The molecule has 7 nitrogen and oxygen atoms in total. The van der Waals surface area contributed by atoms with Crippen LogP contribution in [0.3, 0.4) is 0 Å². The lowest BCUT2D eigenvalue weighted by atomic mass is 10.1. The summed E-state index contributed by atoms with van der Waals surface area (Å²) in [5.41, 5.74) is 11.1. The monoisotopic (exact) mass is 340 g/mol. The van der Waals surface area contributed by atoms with E-state index in [1.54, 1.807) is 6.07 Å². The molecule has 8 heteroatoms. The smallest absolute Gasteiger partial charge is 0.280 e. The van der Waals surface area contributed by atoms with Gasteiger partial charge in [-0.1, -0.05) is 13.8 Å². The van der Waals surface area contributed by atoms with Crippen LogP contribution in [0.25, 0.3) is 0 Å². The largest absolute Gasteiger partial charge is 0.371 e. The average Bonchev–Trinajstić information content (AvgIpc) is 2.45. The zero-order valence-electron chi connectivity index (χ0n) is 13.7. The van der Waals surface area contributed by atoms with Crippen molar-refractivity contribution in [1.29, 1.82) is 0 Å². The maximum absolute atomic E-state index is 12.1. The number of aliphatic imine (C=N–C) groups is 1. The van der Waals surface area contributed by atoms with Gasteiger partial charge in [-0.2, -0.15) is 4.99 Å². The fraction of sp³-hybridized carbons (Fsp3) is 0.467. The Kier molecular flexibility index (Phi) is 6.56. The molecule has 0 saturated heterocycles. The lowest BCUT2D eigenvalue weighted by molar-refractivity contribution is 0.100. The van der Waals surface area contributed by atoms with Crippen LogP contribution >= 0.6 is 0 Å². The second-order valence-electron chi connectivity index (χ2n) is 5.28. The minimum absolute atomic E-state index is 0.107. The van der Waals surface area contributed by atoms with Gasteiger partial charge in [0.15, 0.2) is 15.8 Å². The van der Waals surface area contributed by atoms with E-state index in [0.29, 0.717) is 5.69 Å². The molecule has 0 aliphatic heterocycles. The van der Waals surface area contributed by atoms with Crippen LogP contribution in [0.4, 0.5) is 5.69 Å². The van der Waals surface area contributed by atoms with E-state index in [0.717, 1.165) is 32.2 Å². The normalized spacial score (nSPS) is 11.1. The van der Waals surface area contributed by atoms with Gasteiger partial charge in [-0.15, -0.1) is 0 Å². The predicted molar refractivity (Wildman–Crippen MR) is 92.5 cm³/mol. The van der Waals surface area contributed by atoms with Gasteiger partial charge < -0.3 is 16.4 Å². The van der Waals surface area contributed by atoms with E-state index in [9.17, 15) is 13.2 Å². The van der Waals surface area contributed by atoms with Crippen LogP contribution in [-0.4, -0.2) is 39.6 Å². The number of hydrogen-bond donors (Lipinski definition) is 2. The number of amides is 1. The highest BCUT2D eigenvalue weighted by Gasteiger charge is 2.20. The zero-order chi connectivity index (χ0) is 17.6. The highest BCUT2D eigenvalue weighted by atomic mass is 32.2. The summed E-state index contributed by atoms with van der Waals surface area (Å²) < 4.78 is 24.3. The Morgan fingerprint density at radius 3 is 2.17 bits per heavy atom. The van der Waals surface area contributed by atoms with Crippen LogP contribution in [0.2, 0.25) is 0 Å². The number of rotatable bonds is 7. The lowest BCUT2D eigenvalue weighted by Crippen LogP contribution is -2.27. The van der Waals surface area contributed by atoms with Gasteiger partial charge in [0.1, 0.15) is 0 Å². The Labute approximate surface area is 137 Å². The van der Waals surface area contributed by atoms with Crippen molar-refractivity contribution in [2.75, 3.05) is 24.2 Å². The molecule has 0 unspecified atom stereocenters. The zero-order valence-corrected chi connectivity index (χ0v) is 14.6. The molecular formula is C15H24N4O3S. The summed E-state index contributed by atoms with van der Waals surface area (Å²) in [6, 6.07) is 4.51. The second kappa shape index (κ2) is 7.96. The summed E-state index contributed by atoms with van der Waals surface area (Å²) in [7, 11) is -3.50. The Hall–Kier alpha value is -2.09. The predicted octanol–water partition coefficient (Wildman–Crippen LogP) is 1.13. The number of anilines is 1. The molecule has 1 rings (SSSR count). The van der Waals surface area contributed by atoms with E-state index in [4.69, 9.17) is 11.5 Å². The number of nitrogens with two attached hydrogens (primary N) is 2. The minimum Gasteiger partial charge on any atom is -0.371 e. The first-order chi connectivity index (χ1) is 10.7. The molecule has 0 fully saturated rings.